The maximum atomic E-state index is 14.1. The Morgan fingerprint density at radius 3 is 2.74 bits per heavy atom. The number of aliphatic hydroxyl groups is 1. The molecule has 2 heterocycles. The van der Waals surface area contributed by atoms with Crippen molar-refractivity contribution in [3.63, 3.8) is 0 Å². The maximum absolute atomic E-state index is 14.1. The molecule has 0 saturated carbocycles. The number of aliphatic hydroxyl groups excluding tert-OH is 1. The maximum Gasteiger partial charge on any atom is 0.243 e. The van der Waals surface area contributed by atoms with Crippen molar-refractivity contribution in [3.8, 4) is 0 Å². The molecular formula is C17H22ClFN2O2. The second kappa shape index (κ2) is 6.75. The van der Waals surface area contributed by atoms with Crippen molar-refractivity contribution in [2.75, 3.05) is 26.2 Å². The van der Waals surface area contributed by atoms with Gasteiger partial charge in [0, 0.05) is 30.2 Å². The number of hydrogen-bond donors (Lipinski definition) is 1. The van der Waals surface area contributed by atoms with E-state index in [0.29, 0.717) is 30.2 Å². The van der Waals surface area contributed by atoms with Crippen molar-refractivity contribution in [2.24, 2.45) is 0 Å². The van der Waals surface area contributed by atoms with E-state index in [2.05, 4.69) is 4.90 Å². The number of benzene rings is 1. The molecule has 23 heavy (non-hydrogen) atoms. The summed E-state index contributed by atoms with van der Waals surface area (Å²) in [5.41, 5.74) is -0.00631. The third-order valence-electron chi connectivity index (χ3n) is 5.07. The molecule has 1 aromatic rings. The lowest BCUT2D eigenvalue weighted by molar-refractivity contribution is -0.148. The van der Waals surface area contributed by atoms with E-state index >= 15 is 0 Å². The molecule has 2 aliphatic rings. The highest BCUT2D eigenvalue weighted by atomic mass is 35.5. The van der Waals surface area contributed by atoms with Crippen LogP contribution in [0, 0.1) is 5.82 Å². The van der Waals surface area contributed by atoms with Crippen LogP contribution in [0.5, 0.6) is 0 Å². The van der Waals surface area contributed by atoms with Crippen molar-refractivity contribution < 1.29 is 14.3 Å². The fourth-order valence-electron chi connectivity index (χ4n) is 3.96. The molecule has 0 radical (unpaired) electrons. The SMILES string of the molecule is O=C1N(CCO)CCCC12CCCN2Cc1cc(Cl)ccc1F. The molecule has 2 fully saturated rings. The van der Waals surface area contributed by atoms with E-state index in [0.717, 1.165) is 32.2 Å². The number of amides is 1. The average Bonchev–Trinajstić information content (AvgIpc) is 2.92. The zero-order valence-corrected chi connectivity index (χ0v) is 13.9. The second-order valence-corrected chi connectivity index (χ2v) is 6.85. The van der Waals surface area contributed by atoms with Crippen LogP contribution in [-0.4, -0.2) is 52.6 Å². The van der Waals surface area contributed by atoms with Gasteiger partial charge in [-0.05, 0) is 50.4 Å². The van der Waals surface area contributed by atoms with Crippen molar-refractivity contribution in [1.29, 1.82) is 0 Å². The Morgan fingerprint density at radius 2 is 2.00 bits per heavy atom. The Morgan fingerprint density at radius 1 is 1.26 bits per heavy atom. The van der Waals surface area contributed by atoms with Gasteiger partial charge in [0.2, 0.25) is 5.91 Å². The van der Waals surface area contributed by atoms with E-state index in [1.807, 2.05) is 0 Å². The number of rotatable bonds is 4. The van der Waals surface area contributed by atoms with E-state index < -0.39 is 5.54 Å². The minimum atomic E-state index is -0.540. The highest BCUT2D eigenvalue weighted by molar-refractivity contribution is 6.30. The summed E-state index contributed by atoms with van der Waals surface area (Å²) in [6.45, 7) is 2.22. The summed E-state index contributed by atoms with van der Waals surface area (Å²) in [7, 11) is 0. The van der Waals surface area contributed by atoms with Gasteiger partial charge in [-0.25, -0.2) is 4.39 Å². The van der Waals surface area contributed by atoms with Gasteiger partial charge in [-0.3, -0.25) is 9.69 Å². The molecule has 1 N–H and O–H groups in total. The molecule has 0 aromatic heterocycles. The highest BCUT2D eigenvalue weighted by Crippen LogP contribution is 2.39. The van der Waals surface area contributed by atoms with Gasteiger partial charge in [0.05, 0.1) is 6.61 Å². The highest BCUT2D eigenvalue weighted by Gasteiger charge is 2.50. The Bertz CT molecular complexity index is 596. The summed E-state index contributed by atoms with van der Waals surface area (Å²) in [4.78, 5) is 16.8. The Balaban J connectivity index is 1.84. The van der Waals surface area contributed by atoms with Crippen LogP contribution in [0.2, 0.25) is 5.02 Å². The number of carbonyl (C=O) groups is 1. The van der Waals surface area contributed by atoms with E-state index in [4.69, 9.17) is 16.7 Å². The molecule has 2 saturated heterocycles. The molecule has 2 aliphatic heterocycles. The van der Waals surface area contributed by atoms with Gasteiger partial charge in [0.25, 0.3) is 0 Å². The Labute approximate surface area is 140 Å². The molecular weight excluding hydrogens is 319 g/mol. The number of hydrogen-bond acceptors (Lipinski definition) is 3. The van der Waals surface area contributed by atoms with Gasteiger partial charge in [0.15, 0.2) is 0 Å². The molecule has 1 unspecified atom stereocenters. The first-order chi connectivity index (χ1) is 11.1. The lowest BCUT2D eigenvalue weighted by Gasteiger charge is -2.44. The van der Waals surface area contributed by atoms with Gasteiger partial charge < -0.3 is 10.0 Å². The monoisotopic (exact) mass is 340 g/mol. The van der Waals surface area contributed by atoms with Crippen molar-refractivity contribution >= 4 is 17.5 Å². The molecule has 3 rings (SSSR count). The number of β-amino-alcohol motifs (C(OH)–C–C–N with tert-alkyl or cyclic N) is 1. The quantitative estimate of drug-likeness (QED) is 0.915. The van der Waals surface area contributed by atoms with E-state index in [9.17, 15) is 9.18 Å². The molecule has 0 aliphatic carbocycles. The van der Waals surface area contributed by atoms with Crippen LogP contribution in [0.15, 0.2) is 18.2 Å². The Kier molecular flexibility index (Phi) is 4.90. The van der Waals surface area contributed by atoms with Crippen LogP contribution >= 0.6 is 11.6 Å². The van der Waals surface area contributed by atoms with Crippen LogP contribution in [0.3, 0.4) is 0 Å². The number of carbonyl (C=O) groups excluding carboxylic acids is 1. The zero-order valence-electron chi connectivity index (χ0n) is 13.1. The van der Waals surface area contributed by atoms with Gasteiger partial charge >= 0.3 is 0 Å². The molecule has 1 aromatic carbocycles. The van der Waals surface area contributed by atoms with Gasteiger partial charge in [-0.1, -0.05) is 11.6 Å². The number of halogens is 2. The lowest BCUT2D eigenvalue weighted by atomic mass is 9.85. The van der Waals surface area contributed by atoms with E-state index in [-0.39, 0.29) is 18.3 Å². The van der Waals surface area contributed by atoms with Gasteiger partial charge in [-0.15, -0.1) is 0 Å². The first kappa shape index (κ1) is 16.7. The van der Waals surface area contributed by atoms with Crippen molar-refractivity contribution in [2.45, 2.75) is 37.8 Å². The van der Waals surface area contributed by atoms with E-state index in [1.54, 1.807) is 11.0 Å². The van der Waals surface area contributed by atoms with Gasteiger partial charge in [-0.2, -0.15) is 0 Å². The van der Waals surface area contributed by atoms with Crippen LogP contribution in [0.4, 0.5) is 4.39 Å². The molecule has 1 atom stereocenters. The fraction of sp³-hybridized carbons (Fsp3) is 0.588. The third kappa shape index (κ3) is 3.10. The minimum Gasteiger partial charge on any atom is -0.395 e. The summed E-state index contributed by atoms with van der Waals surface area (Å²) < 4.78 is 14.1. The summed E-state index contributed by atoms with van der Waals surface area (Å²) in [5.74, 6) is -0.204. The van der Waals surface area contributed by atoms with Crippen molar-refractivity contribution in [3.05, 3.63) is 34.6 Å². The summed E-state index contributed by atoms with van der Waals surface area (Å²) >= 11 is 5.98. The normalized spacial score (nSPS) is 25.5. The molecule has 1 amide bonds. The predicted molar refractivity (Wildman–Crippen MR) is 86.7 cm³/mol. The molecule has 4 nitrogen and oxygen atoms in total. The number of likely N-dealkylation sites (tertiary alicyclic amines) is 2. The van der Waals surface area contributed by atoms with Crippen LogP contribution in [-0.2, 0) is 11.3 Å². The average molecular weight is 341 g/mol. The van der Waals surface area contributed by atoms with Crippen molar-refractivity contribution in [1.82, 2.24) is 9.80 Å². The number of piperidine rings is 1. The molecule has 6 heteroatoms. The standard InChI is InChI=1S/C17H22ClFN2O2/c18-14-3-4-15(19)13(11-14)12-21-8-2-6-17(21)5-1-7-20(9-10-22)16(17)23/h3-4,11,22H,1-2,5-10,12H2. The smallest absolute Gasteiger partial charge is 0.243 e. The van der Waals surface area contributed by atoms with Crippen LogP contribution in [0.1, 0.15) is 31.2 Å². The van der Waals surface area contributed by atoms with Crippen LogP contribution < -0.4 is 0 Å². The van der Waals surface area contributed by atoms with E-state index in [1.165, 1.54) is 12.1 Å². The summed E-state index contributed by atoms with van der Waals surface area (Å²) in [6, 6.07) is 4.55. The van der Waals surface area contributed by atoms with Gasteiger partial charge in [0.1, 0.15) is 11.4 Å². The summed E-state index contributed by atoms with van der Waals surface area (Å²) in [5, 5.41) is 9.67. The predicted octanol–water partition coefficient (Wildman–Crippen LogP) is 2.43. The summed E-state index contributed by atoms with van der Waals surface area (Å²) in [6.07, 6.45) is 3.45. The number of nitrogens with zero attached hydrogens (tertiary/aromatic N) is 2. The molecule has 0 bridgehead atoms. The van der Waals surface area contributed by atoms with Crippen LogP contribution in [0.25, 0.3) is 0 Å². The lowest BCUT2D eigenvalue weighted by Crippen LogP contribution is -2.60. The molecule has 126 valence electrons. The fourth-order valence-corrected chi connectivity index (χ4v) is 4.15. The first-order valence-electron chi connectivity index (χ1n) is 8.16. The topological polar surface area (TPSA) is 43.8 Å². The molecule has 1 spiro atoms. The zero-order chi connectivity index (χ0) is 16.4. The third-order valence-corrected chi connectivity index (χ3v) is 5.30. The largest absolute Gasteiger partial charge is 0.395 e. The minimum absolute atomic E-state index is 0.0231. The second-order valence-electron chi connectivity index (χ2n) is 6.41. The first-order valence-corrected chi connectivity index (χ1v) is 8.54. The Hall–Kier alpha value is -1.17.